The molecule has 0 bridgehead atoms. The van der Waals surface area contributed by atoms with E-state index in [1.165, 1.54) is 0 Å². The summed E-state index contributed by atoms with van der Waals surface area (Å²) in [5.41, 5.74) is 2.83. The molecule has 98 valence electrons. The molecule has 0 saturated heterocycles. The van der Waals surface area contributed by atoms with Crippen LogP contribution in [0.2, 0.25) is 0 Å². The summed E-state index contributed by atoms with van der Waals surface area (Å²) in [5.74, 6) is 0.170. The van der Waals surface area contributed by atoms with Crippen molar-refractivity contribution >= 4 is 0 Å². The maximum atomic E-state index is 9.20. The lowest BCUT2D eigenvalue weighted by atomic mass is 9.88. The van der Waals surface area contributed by atoms with Crippen molar-refractivity contribution in [3.05, 3.63) is 53.3 Å². The van der Waals surface area contributed by atoms with E-state index in [1.54, 1.807) is 4.68 Å². The van der Waals surface area contributed by atoms with Gasteiger partial charge in [0.05, 0.1) is 31.0 Å². The molecule has 0 unspecified atom stereocenters. The van der Waals surface area contributed by atoms with Gasteiger partial charge in [0.15, 0.2) is 0 Å². The fraction of sp³-hybridized carbons (Fsp3) is 0.333. The molecule has 1 aromatic heterocycles. The maximum absolute atomic E-state index is 9.20. The molecule has 0 aliphatic rings. The second-order valence-corrected chi connectivity index (χ2v) is 4.42. The molecule has 0 spiro atoms. The number of aliphatic hydroxyl groups is 1. The monoisotopic (exact) mass is 255 g/mol. The van der Waals surface area contributed by atoms with Gasteiger partial charge in [-0.1, -0.05) is 25.1 Å². The Hall–Kier alpha value is -2.12. The van der Waals surface area contributed by atoms with E-state index in [1.807, 2.05) is 36.7 Å². The summed E-state index contributed by atoms with van der Waals surface area (Å²) in [6, 6.07) is 9.92. The summed E-state index contributed by atoms with van der Waals surface area (Å²) in [6.07, 6.45) is 4.67. The van der Waals surface area contributed by atoms with Crippen LogP contribution in [-0.4, -0.2) is 21.5 Å². The minimum Gasteiger partial charge on any atom is -0.394 e. The van der Waals surface area contributed by atoms with E-state index in [2.05, 4.69) is 18.1 Å². The van der Waals surface area contributed by atoms with Crippen LogP contribution in [0.3, 0.4) is 0 Å². The standard InChI is InChI=1S/C15H17N3O/c1-2-14(13-10-17-18(11-13)7-8-19)15-6-4-3-5-12(15)9-16/h3-6,10-11,14,19H,2,7-8H2,1H3/t14-/m1/s1. The predicted molar refractivity (Wildman–Crippen MR) is 72.6 cm³/mol. The van der Waals surface area contributed by atoms with Crippen LogP contribution in [0.25, 0.3) is 0 Å². The molecule has 4 heteroatoms. The maximum Gasteiger partial charge on any atom is 0.0994 e. The highest BCUT2D eigenvalue weighted by atomic mass is 16.3. The van der Waals surface area contributed by atoms with Crippen molar-refractivity contribution in [3.63, 3.8) is 0 Å². The van der Waals surface area contributed by atoms with Gasteiger partial charge < -0.3 is 5.11 Å². The molecule has 1 atom stereocenters. The summed E-state index contributed by atoms with van der Waals surface area (Å²) in [5, 5.41) is 22.3. The van der Waals surface area contributed by atoms with E-state index in [9.17, 15) is 5.26 Å². The first kappa shape index (κ1) is 13.3. The average Bonchev–Trinajstić information content (AvgIpc) is 2.89. The molecule has 0 radical (unpaired) electrons. The summed E-state index contributed by atoms with van der Waals surface area (Å²) in [4.78, 5) is 0. The van der Waals surface area contributed by atoms with Crippen molar-refractivity contribution in [2.75, 3.05) is 6.61 Å². The second kappa shape index (κ2) is 6.17. The fourth-order valence-electron chi connectivity index (χ4n) is 2.32. The topological polar surface area (TPSA) is 61.8 Å². The van der Waals surface area contributed by atoms with E-state index in [0.29, 0.717) is 12.1 Å². The number of aliphatic hydroxyl groups excluding tert-OH is 1. The largest absolute Gasteiger partial charge is 0.394 e. The van der Waals surface area contributed by atoms with Crippen molar-refractivity contribution in [2.45, 2.75) is 25.8 Å². The molecule has 0 fully saturated rings. The number of aromatic nitrogens is 2. The Labute approximate surface area is 112 Å². The normalized spacial score (nSPS) is 12.1. The lowest BCUT2D eigenvalue weighted by molar-refractivity contribution is 0.269. The molecular formula is C15H17N3O. The van der Waals surface area contributed by atoms with Gasteiger partial charge in [0.25, 0.3) is 0 Å². The van der Waals surface area contributed by atoms with E-state index < -0.39 is 0 Å². The van der Waals surface area contributed by atoms with E-state index in [4.69, 9.17) is 5.11 Å². The van der Waals surface area contributed by atoms with Crippen molar-refractivity contribution in [1.82, 2.24) is 9.78 Å². The molecule has 0 aliphatic heterocycles. The third-order valence-corrected chi connectivity index (χ3v) is 3.25. The zero-order chi connectivity index (χ0) is 13.7. The molecule has 2 aromatic rings. The van der Waals surface area contributed by atoms with Crippen LogP contribution in [0.1, 0.15) is 36.0 Å². The summed E-state index contributed by atoms with van der Waals surface area (Å²) in [7, 11) is 0. The fourth-order valence-corrected chi connectivity index (χ4v) is 2.32. The Bertz CT molecular complexity index is 583. The van der Waals surface area contributed by atoms with E-state index >= 15 is 0 Å². The molecule has 19 heavy (non-hydrogen) atoms. The Kier molecular flexibility index (Phi) is 4.32. The summed E-state index contributed by atoms with van der Waals surface area (Å²) < 4.78 is 1.73. The molecule has 4 nitrogen and oxygen atoms in total. The highest BCUT2D eigenvalue weighted by Gasteiger charge is 2.17. The van der Waals surface area contributed by atoms with Crippen molar-refractivity contribution in [3.8, 4) is 6.07 Å². The molecule has 0 saturated carbocycles. The highest BCUT2D eigenvalue weighted by Crippen LogP contribution is 2.29. The first-order chi connectivity index (χ1) is 9.30. The van der Waals surface area contributed by atoms with Gasteiger partial charge in [0.2, 0.25) is 0 Å². The zero-order valence-electron chi connectivity index (χ0n) is 11.0. The molecule has 0 amide bonds. The van der Waals surface area contributed by atoms with E-state index in [-0.39, 0.29) is 12.5 Å². The Morgan fingerprint density at radius 3 is 2.89 bits per heavy atom. The van der Waals surface area contributed by atoms with Gasteiger partial charge in [0, 0.05) is 12.1 Å². The molecule has 1 N–H and O–H groups in total. The van der Waals surface area contributed by atoms with Gasteiger partial charge in [-0.3, -0.25) is 4.68 Å². The minimum atomic E-state index is 0.0761. The minimum absolute atomic E-state index is 0.0761. The Balaban J connectivity index is 2.36. The van der Waals surface area contributed by atoms with E-state index in [0.717, 1.165) is 17.5 Å². The van der Waals surface area contributed by atoms with Crippen LogP contribution < -0.4 is 0 Å². The smallest absolute Gasteiger partial charge is 0.0994 e. The highest BCUT2D eigenvalue weighted by molar-refractivity contribution is 5.43. The van der Waals surface area contributed by atoms with Gasteiger partial charge in [-0.05, 0) is 23.6 Å². The molecule has 0 aliphatic carbocycles. The number of nitriles is 1. The lowest BCUT2D eigenvalue weighted by Crippen LogP contribution is -2.03. The molecule has 1 aromatic carbocycles. The Morgan fingerprint density at radius 2 is 2.21 bits per heavy atom. The van der Waals surface area contributed by atoms with Crippen molar-refractivity contribution in [1.29, 1.82) is 5.26 Å². The summed E-state index contributed by atoms with van der Waals surface area (Å²) in [6.45, 7) is 2.67. The van der Waals surface area contributed by atoms with Crippen LogP contribution in [0.15, 0.2) is 36.7 Å². The van der Waals surface area contributed by atoms with Crippen LogP contribution >= 0.6 is 0 Å². The molecular weight excluding hydrogens is 238 g/mol. The van der Waals surface area contributed by atoms with Crippen LogP contribution in [0.5, 0.6) is 0 Å². The second-order valence-electron chi connectivity index (χ2n) is 4.42. The van der Waals surface area contributed by atoms with Crippen molar-refractivity contribution < 1.29 is 5.11 Å². The number of hydrogen-bond donors (Lipinski definition) is 1. The lowest BCUT2D eigenvalue weighted by Gasteiger charge is -2.14. The zero-order valence-corrected chi connectivity index (χ0v) is 11.0. The number of hydrogen-bond acceptors (Lipinski definition) is 3. The van der Waals surface area contributed by atoms with Gasteiger partial charge in [-0.2, -0.15) is 10.4 Å². The van der Waals surface area contributed by atoms with Crippen LogP contribution in [0, 0.1) is 11.3 Å². The van der Waals surface area contributed by atoms with Crippen LogP contribution in [-0.2, 0) is 6.54 Å². The van der Waals surface area contributed by atoms with Gasteiger partial charge in [0.1, 0.15) is 0 Å². The van der Waals surface area contributed by atoms with Gasteiger partial charge >= 0.3 is 0 Å². The van der Waals surface area contributed by atoms with Crippen LogP contribution in [0.4, 0.5) is 0 Å². The number of benzene rings is 1. The quantitative estimate of drug-likeness (QED) is 0.891. The number of nitrogens with zero attached hydrogens (tertiary/aromatic N) is 3. The third-order valence-electron chi connectivity index (χ3n) is 3.25. The Morgan fingerprint density at radius 1 is 1.42 bits per heavy atom. The third kappa shape index (κ3) is 2.83. The van der Waals surface area contributed by atoms with Crippen molar-refractivity contribution in [2.24, 2.45) is 0 Å². The first-order valence-corrected chi connectivity index (χ1v) is 6.42. The van der Waals surface area contributed by atoms with Gasteiger partial charge in [-0.25, -0.2) is 0 Å². The number of rotatable bonds is 5. The predicted octanol–water partition coefficient (Wildman–Crippen LogP) is 2.29. The SMILES string of the molecule is CC[C@H](c1cnn(CCO)c1)c1ccccc1C#N. The molecule has 1 heterocycles. The first-order valence-electron chi connectivity index (χ1n) is 6.42. The summed E-state index contributed by atoms with van der Waals surface area (Å²) >= 11 is 0. The average molecular weight is 255 g/mol. The molecule has 2 rings (SSSR count). The van der Waals surface area contributed by atoms with Gasteiger partial charge in [-0.15, -0.1) is 0 Å².